The van der Waals surface area contributed by atoms with Gasteiger partial charge in [0.15, 0.2) is 0 Å². The summed E-state index contributed by atoms with van der Waals surface area (Å²) >= 11 is 0. The van der Waals surface area contributed by atoms with Gasteiger partial charge in [0, 0.05) is 6.42 Å². The molecule has 0 bridgehead atoms. The number of amides is 1. The Bertz CT molecular complexity index is 340. The molecule has 0 radical (unpaired) electrons. The molecule has 0 saturated carbocycles. The highest BCUT2D eigenvalue weighted by Crippen LogP contribution is 2.08. The van der Waals surface area contributed by atoms with Gasteiger partial charge in [0.05, 0.1) is 6.61 Å². The van der Waals surface area contributed by atoms with Crippen LogP contribution >= 0.6 is 0 Å². The molecule has 4 heteroatoms. The molecular formula is C20H37NO3. The predicted octanol–water partition coefficient (Wildman–Crippen LogP) is 4.92. The van der Waals surface area contributed by atoms with Crippen LogP contribution in [0.1, 0.15) is 90.9 Å². The Kier molecular flexibility index (Phi) is 17.0. The summed E-state index contributed by atoms with van der Waals surface area (Å²) in [5.74, 6) is -0.442. The zero-order chi connectivity index (χ0) is 17.9. The van der Waals surface area contributed by atoms with Gasteiger partial charge in [0.25, 0.3) is 0 Å². The van der Waals surface area contributed by atoms with Crippen molar-refractivity contribution < 1.29 is 14.3 Å². The average Bonchev–Trinajstić information content (AvgIpc) is 2.57. The summed E-state index contributed by atoms with van der Waals surface area (Å²) in [5.41, 5.74) is 0. The van der Waals surface area contributed by atoms with Crippen LogP contribution in [0.3, 0.4) is 0 Å². The molecular weight excluding hydrogens is 302 g/mol. The minimum atomic E-state index is -0.374. The maximum atomic E-state index is 11.5. The molecule has 0 aromatic carbocycles. The molecule has 24 heavy (non-hydrogen) atoms. The van der Waals surface area contributed by atoms with Gasteiger partial charge < -0.3 is 10.1 Å². The van der Waals surface area contributed by atoms with E-state index in [0.29, 0.717) is 13.0 Å². The first-order valence-corrected chi connectivity index (χ1v) is 9.78. The zero-order valence-corrected chi connectivity index (χ0v) is 15.8. The van der Waals surface area contributed by atoms with Crippen molar-refractivity contribution in [3.63, 3.8) is 0 Å². The second kappa shape index (κ2) is 18.0. The highest BCUT2D eigenvalue weighted by Gasteiger charge is 2.05. The molecule has 0 fully saturated rings. The van der Waals surface area contributed by atoms with Gasteiger partial charge in [-0.1, -0.05) is 57.6 Å². The molecule has 0 spiro atoms. The van der Waals surface area contributed by atoms with E-state index in [-0.39, 0.29) is 18.4 Å². The van der Waals surface area contributed by atoms with E-state index >= 15 is 0 Å². The standard InChI is InChI=1S/C20H37NO3/c1-3-5-6-7-8-9-10-11-12-13-14-15-16-17-19(22)21-18-20(23)24-4-2/h11-12H,3-10,13-18H2,1-2H3,(H,21,22)/b12-11-. The van der Waals surface area contributed by atoms with Crippen LogP contribution in [0, 0.1) is 0 Å². The number of esters is 1. The van der Waals surface area contributed by atoms with Crippen molar-refractivity contribution in [2.24, 2.45) is 0 Å². The van der Waals surface area contributed by atoms with Crippen LogP contribution in [0.2, 0.25) is 0 Å². The lowest BCUT2D eigenvalue weighted by Crippen LogP contribution is -2.30. The molecule has 0 heterocycles. The van der Waals surface area contributed by atoms with Gasteiger partial charge >= 0.3 is 5.97 Å². The van der Waals surface area contributed by atoms with Crippen LogP contribution in [0.15, 0.2) is 12.2 Å². The molecule has 140 valence electrons. The second-order valence-corrected chi connectivity index (χ2v) is 6.21. The largest absolute Gasteiger partial charge is 0.465 e. The van der Waals surface area contributed by atoms with E-state index in [9.17, 15) is 9.59 Å². The minimum Gasteiger partial charge on any atom is -0.465 e. The number of hydrogen-bond acceptors (Lipinski definition) is 3. The third-order valence-electron chi connectivity index (χ3n) is 3.90. The number of unbranched alkanes of at least 4 members (excludes halogenated alkanes) is 9. The molecule has 0 aliphatic heterocycles. The number of hydrogen-bond donors (Lipinski definition) is 1. The lowest BCUT2D eigenvalue weighted by atomic mass is 10.1. The van der Waals surface area contributed by atoms with Gasteiger partial charge in [-0.25, -0.2) is 0 Å². The second-order valence-electron chi connectivity index (χ2n) is 6.21. The zero-order valence-electron chi connectivity index (χ0n) is 15.8. The number of allylic oxidation sites excluding steroid dienone is 2. The van der Waals surface area contributed by atoms with Crippen LogP contribution in [0.5, 0.6) is 0 Å². The molecule has 0 saturated heterocycles. The van der Waals surface area contributed by atoms with Crippen molar-refractivity contribution >= 4 is 11.9 Å². The SMILES string of the molecule is CCCCCCCC/C=C\CCCCCC(=O)NCC(=O)OCC. The number of ether oxygens (including phenoxy) is 1. The van der Waals surface area contributed by atoms with Gasteiger partial charge in [-0.2, -0.15) is 0 Å². The fourth-order valence-corrected chi connectivity index (χ4v) is 2.47. The summed E-state index contributed by atoms with van der Waals surface area (Å²) in [4.78, 5) is 22.6. The van der Waals surface area contributed by atoms with Crippen molar-refractivity contribution in [2.45, 2.75) is 90.9 Å². The van der Waals surface area contributed by atoms with E-state index in [2.05, 4.69) is 24.4 Å². The first-order valence-electron chi connectivity index (χ1n) is 9.78. The van der Waals surface area contributed by atoms with Crippen LogP contribution in [0.25, 0.3) is 0 Å². The smallest absolute Gasteiger partial charge is 0.325 e. The molecule has 1 amide bonds. The first kappa shape index (κ1) is 22.7. The van der Waals surface area contributed by atoms with Crippen molar-refractivity contribution in [1.82, 2.24) is 5.32 Å². The van der Waals surface area contributed by atoms with E-state index in [1.54, 1.807) is 6.92 Å². The first-order chi connectivity index (χ1) is 11.7. The van der Waals surface area contributed by atoms with Crippen molar-refractivity contribution in [3.8, 4) is 0 Å². The summed E-state index contributed by atoms with van der Waals surface area (Å²) in [5, 5.41) is 2.58. The number of carbonyl (C=O) groups is 2. The fourth-order valence-electron chi connectivity index (χ4n) is 2.47. The third-order valence-corrected chi connectivity index (χ3v) is 3.90. The molecule has 0 rings (SSSR count). The Labute approximate surface area is 148 Å². The van der Waals surface area contributed by atoms with Gasteiger partial charge in [-0.3, -0.25) is 9.59 Å². The van der Waals surface area contributed by atoms with Crippen molar-refractivity contribution in [2.75, 3.05) is 13.2 Å². The molecule has 0 unspecified atom stereocenters. The predicted molar refractivity (Wildman–Crippen MR) is 99.9 cm³/mol. The Morgan fingerprint density at radius 3 is 2.04 bits per heavy atom. The number of rotatable bonds is 16. The maximum Gasteiger partial charge on any atom is 0.325 e. The normalized spacial score (nSPS) is 10.9. The van der Waals surface area contributed by atoms with Gasteiger partial charge in [-0.15, -0.1) is 0 Å². The van der Waals surface area contributed by atoms with Crippen molar-refractivity contribution in [1.29, 1.82) is 0 Å². The summed E-state index contributed by atoms with van der Waals surface area (Å²) < 4.78 is 4.75. The Hall–Kier alpha value is -1.32. The quantitative estimate of drug-likeness (QED) is 0.247. The molecule has 0 aromatic heterocycles. The van der Waals surface area contributed by atoms with E-state index in [4.69, 9.17) is 4.74 Å². The van der Waals surface area contributed by atoms with Gasteiger partial charge in [-0.05, 0) is 39.0 Å². The summed E-state index contributed by atoms with van der Waals surface area (Å²) in [6.45, 7) is 4.33. The van der Waals surface area contributed by atoms with E-state index in [1.165, 1.54) is 44.9 Å². The maximum absolute atomic E-state index is 11.5. The fraction of sp³-hybridized carbons (Fsp3) is 0.800. The summed E-state index contributed by atoms with van der Waals surface area (Å²) in [7, 11) is 0. The molecule has 1 N–H and O–H groups in total. The highest BCUT2D eigenvalue weighted by atomic mass is 16.5. The minimum absolute atomic E-state index is 0.0200. The van der Waals surface area contributed by atoms with E-state index in [0.717, 1.165) is 25.7 Å². The van der Waals surface area contributed by atoms with E-state index < -0.39 is 0 Å². The molecule has 0 aromatic rings. The van der Waals surface area contributed by atoms with Gasteiger partial charge in [0.1, 0.15) is 6.54 Å². The third kappa shape index (κ3) is 17.0. The molecule has 0 aliphatic carbocycles. The van der Waals surface area contributed by atoms with Crippen molar-refractivity contribution in [3.05, 3.63) is 12.2 Å². The topological polar surface area (TPSA) is 55.4 Å². The molecule has 4 nitrogen and oxygen atoms in total. The lowest BCUT2D eigenvalue weighted by molar-refractivity contribution is -0.143. The Morgan fingerprint density at radius 1 is 0.833 bits per heavy atom. The monoisotopic (exact) mass is 339 g/mol. The summed E-state index contributed by atoms with van der Waals surface area (Å²) in [6.07, 6.45) is 18.5. The highest BCUT2D eigenvalue weighted by molar-refractivity contribution is 5.81. The van der Waals surface area contributed by atoms with E-state index in [1.807, 2.05) is 0 Å². The van der Waals surface area contributed by atoms with Crippen LogP contribution in [0.4, 0.5) is 0 Å². The Balaban J connectivity index is 3.30. The average molecular weight is 340 g/mol. The van der Waals surface area contributed by atoms with Gasteiger partial charge in [0.2, 0.25) is 5.91 Å². The molecule has 0 atom stereocenters. The molecule has 0 aliphatic rings. The lowest BCUT2D eigenvalue weighted by Gasteiger charge is -2.04. The summed E-state index contributed by atoms with van der Waals surface area (Å²) in [6, 6.07) is 0. The Morgan fingerprint density at radius 2 is 1.42 bits per heavy atom. The van der Waals surface area contributed by atoms with Crippen LogP contribution < -0.4 is 5.32 Å². The van der Waals surface area contributed by atoms with Crippen LogP contribution in [-0.4, -0.2) is 25.0 Å². The van der Waals surface area contributed by atoms with Crippen LogP contribution in [-0.2, 0) is 14.3 Å². The number of carbonyl (C=O) groups excluding carboxylic acids is 2. The number of nitrogens with one attached hydrogen (secondary N) is 1.